The maximum Gasteiger partial charge on any atom is 0.191 e. The van der Waals surface area contributed by atoms with Gasteiger partial charge in [-0.1, -0.05) is 36.4 Å². The molecule has 0 amide bonds. The van der Waals surface area contributed by atoms with Crippen LogP contribution in [-0.2, 0) is 19.5 Å². The van der Waals surface area contributed by atoms with Crippen molar-refractivity contribution in [3.8, 4) is 0 Å². The molecule has 0 saturated carbocycles. The SMILES string of the molecule is CN=C(NCCc1ccccc1)NCc1ccc(F)c(CN(C)C)c1. The van der Waals surface area contributed by atoms with E-state index in [2.05, 4.69) is 27.8 Å². The molecule has 0 aromatic heterocycles. The van der Waals surface area contributed by atoms with Crippen LogP contribution in [0.4, 0.5) is 4.39 Å². The summed E-state index contributed by atoms with van der Waals surface area (Å²) in [5.41, 5.74) is 3.03. The number of halogens is 1. The van der Waals surface area contributed by atoms with Gasteiger partial charge in [-0.15, -0.1) is 0 Å². The van der Waals surface area contributed by atoms with Crippen LogP contribution in [0.5, 0.6) is 0 Å². The second-order valence-electron chi connectivity index (χ2n) is 6.25. The summed E-state index contributed by atoms with van der Waals surface area (Å²) in [7, 11) is 5.62. The van der Waals surface area contributed by atoms with E-state index in [1.165, 1.54) is 11.6 Å². The third-order valence-corrected chi connectivity index (χ3v) is 3.83. The van der Waals surface area contributed by atoms with Crippen molar-refractivity contribution >= 4 is 5.96 Å². The Balaban J connectivity index is 1.84. The molecule has 0 aliphatic heterocycles. The van der Waals surface area contributed by atoms with Crippen molar-refractivity contribution in [2.45, 2.75) is 19.5 Å². The minimum absolute atomic E-state index is 0.164. The zero-order chi connectivity index (χ0) is 18.1. The smallest absolute Gasteiger partial charge is 0.191 e. The maximum atomic E-state index is 13.8. The average molecular weight is 342 g/mol. The number of benzene rings is 2. The van der Waals surface area contributed by atoms with Crippen LogP contribution in [0.1, 0.15) is 16.7 Å². The standard InChI is InChI=1S/C20H27FN4/c1-22-20(23-12-11-16-7-5-4-6-8-16)24-14-17-9-10-19(21)18(13-17)15-25(2)3/h4-10,13H,11-12,14-15H2,1-3H3,(H2,22,23,24). The molecule has 0 radical (unpaired) electrons. The van der Waals surface area contributed by atoms with Crippen LogP contribution in [0, 0.1) is 5.82 Å². The number of nitrogens with zero attached hydrogens (tertiary/aromatic N) is 2. The molecule has 0 unspecified atom stereocenters. The van der Waals surface area contributed by atoms with Crippen LogP contribution in [0.15, 0.2) is 53.5 Å². The van der Waals surface area contributed by atoms with E-state index in [-0.39, 0.29) is 5.82 Å². The lowest BCUT2D eigenvalue weighted by Gasteiger charge is -2.14. The molecule has 0 spiro atoms. The van der Waals surface area contributed by atoms with Crippen LogP contribution in [0.2, 0.25) is 0 Å². The molecule has 2 aromatic carbocycles. The Morgan fingerprint density at radius 3 is 2.48 bits per heavy atom. The fourth-order valence-corrected chi connectivity index (χ4v) is 2.58. The molecule has 4 nitrogen and oxygen atoms in total. The van der Waals surface area contributed by atoms with E-state index < -0.39 is 0 Å². The van der Waals surface area contributed by atoms with Gasteiger partial charge in [0.15, 0.2) is 5.96 Å². The molecular formula is C20H27FN4. The highest BCUT2D eigenvalue weighted by atomic mass is 19.1. The number of hydrogen-bond acceptors (Lipinski definition) is 2. The predicted octanol–water partition coefficient (Wildman–Crippen LogP) is 2.80. The molecule has 0 bridgehead atoms. The van der Waals surface area contributed by atoms with E-state index in [0.29, 0.717) is 18.7 Å². The van der Waals surface area contributed by atoms with Crippen molar-refractivity contribution in [3.63, 3.8) is 0 Å². The summed E-state index contributed by atoms with van der Waals surface area (Å²) in [5.74, 6) is 0.581. The van der Waals surface area contributed by atoms with E-state index in [0.717, 1.165) is 24.5 Å². The fourth-order valence-electron chi connectivity index (χ4n) is 2.58. The van der Waals surface area contributed by atoms with E-state index in [1.807, 2.05) is 43.3 Å². The first kappa shape index (κ1) is 18.9. The van der Waals surface area contributed by atoms with Gasteiger partial charge in [-0.05, 0) is 43.8 Å². The number of nitrogens with one attached hydrogen (secondary N) is 2. The van der Waals surface area contributed by atoms with Gasteiger partial charge in [-0.25, -0.2) is 4.39 Å². The first-order chi connectivity index (χ1) is 12.1. The summed E-state index contributed by atoms with van der Waals surface area (Å²) in [6.07, 6.45) is 0.936. The Morgan fingerprint density at radius 2 is 1.80 bits per heavy atom. The summed E-state index contributed by atoms with van der Waals surface area (Å²) in [6, 6.07) is 15.6. The van der Waals surface area contributed by atoms with Crippen molar-refractivity contribution in [2.24, 2.45) is 4.99 Å². The quantitative estimate of drug-likeness (QED) is 0.600. The lowest BCUT2D eigenvalue weighted by atomic mass is 10.1. The van der Waals surface area contributed by atoms with Gasteiger partial charge < -0.3 is 15.5 Å². The van der Waals surface area contributed by atoms with Crippen molar-refractivity contribution in [2.75, 3.05) is 27.7 Å². The van der Waals surface area contributed by atoms with Crippen LogP contribution in [0.3, 0.4) is 0 Å². The molecular weight excluding hydrogens is 315 g/mol. The number of hydrogen-bond donors (Lipinski definition) is 2. The second-order valence-corrected chi connectivity index (χ2v) is 6.25. The highest BCUT2D eigenvalue weighted by Gasteiger charge is 2.06. The van der Waals surface area contributed by atoms with Gasteiger partial charge in [0.25, 0.3) is 0 Å². The first-order valence-corrected chi connectivity index (χ1v) is 8.49. The predicted molar refractivity (Wildman–Crippen MR) is 102 cm³/mol. The lowest BCUT2D eigenvalue weighted by Crippen LogP contribution is -2.37. The maximum absolute atomic E-state index is 13.8. The van der Waals surface area contributed by atoms with E-state index in [1.54, 1.807) is 13.1 Å². The highest BCUT2D eigenvalue weighted by Crippen LogP contribution is 2.12. The molecule has 0 aliphatic rings. The molecule has 2 N–H and O–H groups in total. The van der Waals surface area contributed by atoms with Crippen molar-refractivity contribution in [3.05, 3.63) is 71.0 Å². The zero-order valence-corrected chi connectivity index (χ0v) is 15.2. The number of rotatable bonds is 7. The molecule has 134 valence electrons. The van der Waals surface area contributed by atoms with Crippen LogP contribution >= 0.6 is 0 Å². The zero-order valence-electron chi connectivity index (χ0n) is 15.2. The molecule has 0 aliphatic carbocycles. The average Bonchev–Trinajstić information content (AvgIpc) is 2.61. The first-order valence-electron chi connectivity index (χ1n) is 8.49. The number of guanidine groups is 1. The van der Waals surface area contributed by atoms with Gasteiger partial charge in [-0.3, -0.25) is 4.99 Å². The molecule has 5 heteroatoms. The van der Waals surface area contributed by atoms with Crippen molar-refractivity contribution < 1.29 is 4.39 Å². The van der Waals surface area contributed by atoms with Gasteiger partial charge in [0.1, 0.15) is 5.82 Å². The van der Waals surface area contributed by atoms with Gasteiger partial charge in [-0.2, -0.15) is 0 Å². The van der Waals surface area contributed by atoms with Gasteiger partial charge >= 0.3 is 0 Å². The molecule has 25 heavy (non-hydrogen) atoms. The molecule has 0 saturated heterocycles. The van der Waals surface area contributed by atoms with Crippen molar-refractivity contribution in [1.82, 2.24) is 15.5 Å². The third-order valence-electron chi connectivity index (χ3n) is 3.83. The van der Waals surface area contributed by atoms with E-state index in [9.17, 15) is 4.39 Å². The molecule has 0 heterocycles. The Morgan fingerprint density at radius 1 is 1.04 bits per heavy atom. The summed E-state index contributed by atoms with van der Waals surface area (Å²) >= 11 is 0. The molecule has 2 aromatic rings. The van der Waals surface area contributed by atoms with Crippen LogP contribution in [-0.4, -0.2) is 38.5 Å². The Hall–Kier alpha value is -2.40. The van der Waals surface area contributed by atoms with E-state index in [4.69, 9.17) is 0 Å². The Kier molecular flexibility index (Phi) is 7.41. The molecule has 0 fully saturated rings. The van der Waals surface area contributed by atoms with Crippen LogP contribution in [0.25, 0.3) is 0 Å². The van der Waals surface area contributed by atoms with E-state index >= 15 is 0 Å². The highest BCUT2D eigenvalue weighted by molar-refractivity contribution is 5.79. The van der Waals surface area contributed by atoms with Gasteiger partial charge in [0.2, 0.25) is 0 Å². The Labute approximate surface area is 149 Å². The minimum atomic E-state index is -0.164. The molecule has 0 atom stereocenters. The largest absolute Gasteiger partial charge is 0.356 e. The monoisotopic (exact) mass is 342 g/mol. The minimum Gasteiger partial charge on any atom is -0.356 e. The Bertz CT molecular complexity index is 683. The summed E-state index contributed by atoms with van der Waals surface area (Å²) in [4.78, 5) is 6.19. The summed E-state index contributed by atoms with van der Waals surface area (Å²) in [6.45, 7) is 1.99. The second kappa shape index (κ2) is 9.79. The van der Waals surface area contributed by atoms with Gasteiger partial charge in [0, 0.05) is 32.2 Å². The summed E-state index contributed by atoms with van der Waals surface area (Å²) < 4.78 is 13.8. The lowest BCUT2D eigenvalue weighted by molar-refractivity contribution is 0.392. The fraction of sp³-hybridized carbons (Fsp3) is 0.350. The van der Waals surface area contributed by atoms with Crippen molar-refractivity contribution in [1.29, 1.82) is 0 Å². The normalized spacial score (nSPS) is 11.6. The number of aliphatic imine (C=N–C) groups is 1. The topological polar surface area (TPSA) is 39.7 Å². The van der Waals surface area contributed by atoms with Crippen LogP contribution < -0.4 is 10.6 Å². The van der Waals surface area contributed by atoms with Gasteiger partial charge in [0.05, 0.1) is 0 Å². The molecule has 2 rings (SSSR count). The summed E-state index contributed by atoms with van der Waals surface area (Å²) in [5, 5.41) is 6.58. The third kappa shape index (κ3) is 6.55.